The standard InChI is InChI=1S/C21H21N2O2S.Fe/c1-14(10-15-6-8-20-19(11-15)25-13-26-20)23-21(24)9-7-16-12-22-18-5-3-2-4-17(16)18;/h2-6,8-9,11-12,14,22H,7,10,13H2,1H3,(H,23,24);/q-1;. The van der Waals surface area contributed by atoms with Crippen LogP contribution >= 0.6 is 11.8 Å². The zero-order valence-electron chi connectivity index (χ0n) is 15.0. The first-order chi connectivity index (χ1) is 12.7. The van der Waals surface area contributed by atoms with Crippen LogP contribution in [0.5, 0.6) is 5.75 Å². The summed E-state index contributed by atoms with van der Waals surface area (Å²) in [6.07, 6.45) is 5.09. The first kappa shape index (κ1) is 19.7. The van der Waals surface area contributed by atoms with Crippen LogP contribution in [0, 0.1) is 6.42 Å². The van der Waals surface area contributed by atoms with Gasteiger partial charge in [0.2, 0.25) is 0 Å². The quantitative estimate of drug-likeness (QED) is 0.466. The smallest absolute Gasteiger partial charge is 0.138 e. The van der Waals surface area contributed by atoms with E-state index >= 15 is 0 Å². The van der Waals surface area contributed by atoms with Crippen LogP contribution in [0.3, 0.4) is 0 Å². The Balaban J connectivity index is 0.00000210. The number of carbonyl (C=O) groups is 1. The monoisotopic (exact) mass is 421 g/mol. The van der Waals surface area contributed by atoms with E-state index in [1.54, 1.807) is 18.2 Å². The van der Waals surface area contributed by atoms with E-state index in [4.69, 9.17) is 4.74 Å². The molecule has 1 aliphatic heterocycles. The topological polar surface area (TPSA) is 54.1 Å². The first-order valence-corrected chi connectivity index (χ1v) is 9.75. The molecule has 0 fully saturated rings. The normalized spacial score (nSPS) is 13.4. The van der Waals surface area contributed by atoms with Gasteiger partial charge in [-0.3, -0.25) is 6.42 Å². The van der Waals surface area contributed by atoms with Crippen molar-refractivity contribution < 1.29 is 26.6 Å². The molecule has 2 heterocycles. The number of H-pyrrole nitrogens is 1. The number of thioether (sulfide) groups is 1. The summed E-state index contributed by atoms with van der Waals surface area (Å²) in [4.78, 5) is 16.7. The molecule has 0 aliphatic carbocycles. The number of rotatable bonds is 6. The zero-order chi connectivity index (χ0) is 17.9. The summed E-state index contributed by atoms with van der Waals surface area (Å²) in [7, 11) is 0. The van der Waals surface area contributed by atoms with Crippen LogP contribution in [0.2, 0.25) is 0 Å². The van der Waals surface area contributed by atoms with Gasteiger partial charge < -0.3 is 19.8 Å². The van der Waals surface area contributed by atoms with Crippen molar-refractivity contribution in [1.29, 1.82) is 0 Å². The van der Waals surface area contributed by atoms with Gasteiger partial charge in [0.25, 0.3) is 0 Å². The predicted octanol–water partition coefficient (Wildman–Crippen LogP) is 4.10. The molecule has 2 N–H and O–H groups in total. The van der Waals surface area contributed by atoms with Crippen LogP contribution in [0.25, 0.3) is 10.9 Å². The number of benzene rings is 2. The summed E-state index contributed by atoms with van der Waals surface area (Å²) in [6.45, 7) is 2.03. The Morgan fingerprint density at radius 3 is 3.07 bits per heavy atom. The Kier molecular flexibility index (Phi) is 6.42. The summed E-state index contributed by atoms with van der Waals surface area (Å²) in [5.74, 6) is 1.61. The van der Waals surface area contributed by atoms with Gasteiger partial charge in [0.1, 0.15) is 11.7 Å². The molecule has 1 aliphatic rings. The van der Waals surface area contributed by atoms with Gasteiger partial charge in [-0.25, -0.2) is 0 Å². The number of amides is 1. The molecule has 27 heavy (non-hydrogen) atoms. The van der Waals surface area contributed by atoms with Gasteiger partial charge >= 0.3 is 0 Å². The van der Waals surface area contributed by atoms with E-state index in [-0.39, 0.29) is 29.0 Å². The summed E-state index contributed by atoms with van der Waals surface area (Å²) < 4.78 is 5.58. The fraction of sp³-hybridized carbons (Fsp3) is 0.238. The molecule has 1 aromatic heterocycles. The number of ether oxygens (including phenoxy) is 1. The van der Waals surface area contributed by atoms with Crippen molar-refractivity contribution in [2.24, 2.45) is 0 Å². The van der Waals surface area contributed by atoms with Gasteiger partial charge in [0.05, 0.1) is 10.8 Å². The molecule has 3 aromatic rings. The van der Waals surface area contributed by atoms with Crippen LogP contribution in [-0.2, 0) is 34.7 Å². The summed E-state index contributed by atoms with van der Waals surface area (Å²) >= 11 is 1.71. The van der Waals surface area contributed by atoms with E-state index in [9.17, 15) is 4.79 Å². The predicted molar refractivity (Wildman–Crippen MR) is 105 cm³/mol. The van der Waals surface area contributed by atoms with Gasteiger partial charge in [-0.15, -0.1) is 6.42 Å². The fourth-order valence-electron chi connectivity index (χ4n) is 3.28. The van der Waals surface area contributed by atoms with E-state index in [1.807, 2.05) is 31.3 Å². The Morgan fingerprint density at radius 1 is 1.33 bits per heavy atom. The van der Waals surface area contributed by atoms with Crippen molar-refractivity contribution in [2.45, 2.75) is 30.7 Å². The average molecular weight is 421 g/mol. The SMILES string of the molecule is CC(Cc1ccc2c(c1)OCS2)NC(=O)[CH-]Cc1c[nH]c2ccccc12.[Fe]. The molecule has 1 amide bonds. The van der Waals surface area contributed by atoms with Crippen LogP contribution in [0.15, 0.2) is 53.6 Å². The van der Waals surface area contributed by atoms with E-state index in [0.717, 1.165) is 23.3 Å². The molecular weight excluding hydrogens is 400 g/mol. The molecule has 0 saturated heterocycles. The summed E-state index contributed by atoms with van der Waals surface area (Å²) in [5.41, 5.74) is 3.41. The van der Waals surface area contributed by atoms with Crippen LogP contribution in [0.1, 0.15) is 18.1 Å². The third-order valence-electron chi connectivity index (χ3n) is 4.55. The molecule has 2 aromatic carbocycles. The van der Waals surface area contributed by atoms with Gasteiger partial charge in [-0.05, 0) is 42.7 Å². The van der Waals surface area contributed by atoms with Crippen LogP contribution in [0.4, 0.5) is 0 Å². The van der Waals surface area contributed by atoms with E-state index < -0.39 is 0 Å². The zero-order valence-corrected chi connectivity index (χ0v) is 16.9. The van der Waals surface area contributed by atoms with E-state index in [1.165, 1.54) is 15.8 Å². The molecule has 0 saturated carbocycles. The Hall–Kier alpha value is -2.01. The molecule has 1 atom stereocenters. The van der Waals surface area contributed by atoms with Gasteiger partial charge in [0.15, 0.2) is 0 Å². The third kappa shape index (κ3) is 4.64. The van der Waals surface area contributed by atoms with Crippen molar-refractivity contribution in [1.82, 2.24) is 10.3 Å². The number of aromatic nitrogens is 1. The number of fused-ring (bicyclic) bond motifs is 2. The molecule has 1 unspecified atom stereocenters. The molecule has 4 nitrogen and oxygen atoms in total. The van der Waals surface area contributed by atoms with Crippen molar-refractivity contribution in [3.63, 3.8) is 0 Å². The number of hydrogen-bond donors (Lipinski definition) is 2. The molecule has 0 bridgehead atoms. The fourth-order valence-corrected chi connectivity index (χ4v) is 4.01. The number of carbonyl (C=O) groups excluding carboxylic acids is 1. The number of aromatic amines is 1. The van der Waals surface area contributed by atoms with Gasteiger partial charge in [-0.2, -0.15) is 0 Å². The minimum atomic E-state index is -0.0317. The van der Waals surface area contributed by atoms with Crippen molar-refractivity contribution in [3.05, 3.63) is 66.2 Å². The Morgan fingerprint density at radius 2 is 2.19 bits per heavy atom. The minimum Gasteiger partial charge on any atom is -0.481 e. The average Bonchev–Trinajstić information content (AvgIpc) is 3.26. The Bertz CT molecular complexity index is 941. The van der Waals surface area contributed by atoms with Crippen molar-refractivity contribution in [3.8, 4) is 5.75 Å². The Labute approximate surface area is 173 Å². The van der Waals surface area contributed by atoms with Crippen molar-refractivity contribution >= 4 is 28.6 Å². The maximum Gasteiger partial charge on any atom is 0.138 e. The van der Waals surface area contributed by atoms with Gasteiger partial charge in [0, 0.05) is 40.2 Å². The first-order valence-electron chi connectivity index (χ1n) is 8.76. The minimum absolute atomic E-state index is 0. The second kappa shape index (κ2) is 8.79. The van der Waals surface area contributed by atoms with Crippen LogP contribution in [-0.4, -0.2) is 22.9 Å². The second-order valence-corrected chi connectivity index (χ2v) is 7.53. The molecular formula is C21H21FeN2O2S-. The molecule has 4 rings (SSSR count). The number of hydrogen-bond acceptors (Lipinski definition) is 3. The molecule has 0 radical (unpaired) electrons. The van der Waals surface area contributed by atoms with Crippen molar-refractivity contribution in [2.75, 3.05) is 5.94 Å². The van der Waals surface area contributed by atoms with E-state index in [2.05, 4.69) is 34.6 Å². The maximum atomic E-state index is 12.3. The number of para-hydroxylation sites is 1. The molecule has 0 spiro atoms. The largest absolute Gasteiger partial charge is 0.481 e. The van der Waals surface area contributed by atoms with Gasteiger partial charge in [-0.1, -0.05) is 36.0 Å². The maximum absolute atomic E-state index is 12.3. The third-order valence-corrected chi connectivity index (χ3v) is 5.43. The summed E-state index contributed by atoms with van der Waals surface area (Å²) in [6, 6.07) is 14.5. The van der Waals surface area contributed by atoms with Crippen LogP contribution < -0.4 is 10.1 Å². The molecule has 142 valence electrons. The second-order valence-electron chi connectivity index (χ2n) is 6.57. The summed E-state index contributed by atoms with van der Waals surface area (Å²) in [5, 5.41) is 4.22. The molecule has 6 heteroatoms. The number of nitrogens with one attached hydrogen (secondary N) is 2. The van der Waals surface area contributed by atoms with E-state index in [0.29, 0.717) is 12.4 Å².